The van der Waals surface area contributed by atoms with Gasteiger partial charge in [0.1, 0.15) is 0 Å². The molecule has 1 atom stereocenters. The lowest BCUT2D eigenvalue weighted by atomic mass is 10.0. The largest absolute Gasteiger partial charge is 0.375 e. The third-order valence-corrected chi connectivity index (χ3v) is 9.26. The molecule has 0 aliphatic carbocycles. The Bertz CT molecular complexity index is 633. The summed E-state index contributed by atoms with van der Waals surface area (Å²) in [6, 6.07) is 4.91. The van der Waals surface area contributed by atoms with Gasteiger partial charge < -0.3 is 11.1 Å². The molecule has 1 aliphatic heterocycles. The van der Waals surface area contributed by atoms with E-state index in [0.717, 1.165) is 19.4 Å². The molecule has 2 aromatic rings. The monoisotopic (exact) mass is 623 g/mol. The first-order chi connectivity index (χ1) is 9.54. The number of aromatic nitrogens is 1. The van der Waals surface area contributed by atoms with Crippen LogP contribution in [0.25, 0.3) is 0 Å². The number of benzene rings is 1. The number of fused-ring (bicyclic) bond motifs is 1. The van der Waals surface area contributed by atoms with Crippen LogP contribution in [-0.2, 0) is 12.8 Å². The topological polar surface area (TPSA) is 50.9 Å². The Morgan fingerprint density at radius 3 is 2.70 bits per heavy atom. The average Bonchev–Trinajstić information content (AvgIpc) is 2.77. The highest BCUT2D eigenvalue weighted by Gasteiger charge is 2.24. The number of anilines is 1. The van der Waals surface area contributed by atoms with Crippen LogP contribution in [0.2, 0.25) is 0 Å². The lowest BCUT2D eigenvalue weighted by Gasteiger charge is -2.23. The van der Waals surface area contributed by atoms with Crippen LogP contribution in [0.4, 0.5) is 5.13 Å². The summed E-state index contributed by atoms with van der Waals surface area (Å²) in [7, 11) is 0. The molecule has 0 bridgehead atoms. The van der Waals surface area contributed by atoms with Crippen molar-refractivity contribution in [2.24, 2.45) is 0 Å². The number of nitrogen functional groups attached to an aromatic ring is 1. The second-order valence-electron chi connectivity index (χ2n) is 4.70. The fourth-order valence-electron chi connectivity index (χ4n) is 2.42. The molecule has 3 rings (SSSR count). The Hall–Kier alpha value is 0.800. The van der Waals surface area contributed by atoms with E-state index in [1.54, 1.807) is 11.3 Å². The molecular weight excluding hydrogens is 611 g/mol. The molecule has 3 N–H and O–H groups in total. The van der Waals surface area contributed by atoms with E-state index < -0.39 is 0 Å². The van der Waals surface area contributed by atoms with Crippen molar-refractivity contribution < 1.29 is 0 Å². The van der Waals surface area contributed by atoms with Gasteiger partial charge in [0, 0.05) is 34.6 Å². The van der Waals surface area contributed by atoms with Crippen molar-refractivity contribution in [2.75, 3.05) is 12.3 Å². The first-order valence-corrected chi connectivity index (χ1v) is 10.2. The van der Waals surface area contributed by atoms with Crippen LogP contribution in [0.1, 0.15) is 22.2 Å². The van der Waals surface area contributed by atoms with Crippen molar-refractivity contribution in [1.82, 2.24) is 10.3 Å². The number of nitrogens with one attached hydrogen (secondary N) is 1. The van der Waals surface area contributed by atoms with Crippen molar-refractivity contribution in [3.63, 3.8) is 0 Å². The maximum Gasteiger partial charge on any atom is 0.180 e. The minimum absolute atomic E-state index is 0.347. The molecule has 1 aromatic heterocycles. The highest BCUT2D eigenvalue weighted by molar-refractivity contribution is 14.1. The van der Waals surface area contributed by atoms with Gasteiger partial charge in [-0.3, -0.25) is 0 Å². The maximum atomic E-state index is 5.86. The van der Waals surface area contributed by atoms with Crippen molar-refractivity contribution in [2.45, 2.75) is 18.9 Å². The summed E-state index contributed by atoms with van der Waals surface area (Å²) in [5.41, 5.74) is 8.42. The third-order valence-electron chi connectivity index (χ3n) is 3.30. The smallest absolute Gasteiger partial charge is 0.180 e. The minimum Gasteiger partial charge on any atom is -0.375 e. The number of thiazole rings is 1. The Morgan fingerprint density at radius 2 is 2.00 bits per heavy atom. The number of hydrogen-bond acceptors (Lipinski definition) is 4. The zero-order valence-electron chi connectivity index (χ0n) is 10.4. The van der Waals surface area contributed by atoms with E-state index in [9.17, 15) is 0 Å². The molecule has 1 aliphatic rings. The van der Waals surface area contributed by atoms with Crippen LogP contribution in [-0.4, -0.2) is 11.5 Å². The molecule has 0 fully saturated rings. The quantitative estimate of drug-likeness (QED) is 0.394. The fraction of sp³-hybridized carbons (Fsp3) is 0.308. The van der Waals surface area contributed by atoms with Crippen molar-refractivity contribution >= 4 is 84.2 Å². The molecular formula is C13H12I3N3S. The number of nitrogens with zero attached hydrogens (tertiary/aromatic N) is 1. The van der Waals surface area contributed by atoms with Crippen molar-refractivity contribution in [3.8, 4) is 0 Å². The maximum absolute atomic E-state index is 5.86. The normalized spacial score (nSPS) is 18.1. The van der Waals surface area contributed by atoms with E-state index in [1.165, 1.54) is 26.8 Å². The third kappa shape index (κ3) is 3.25. The molecule has 1 unspecified atom stereocenters. The summed E-state index contributed by atoms with van der Waals surface area (Å²) >= 11 is 8.86. The van der Waals surface area contributed by atoms with E-state index >= 15 is 0 Å². The second-order valence-corrected chi connectivity index (χ2v) is 9.16. The zero-order valence-corrected chi connectivity index (χ0v) is 17.7. The van der Waals surface area contributed by atoms with E-state index in [-0.39, 0.29) is 0 Å². The molecule has 1 aromatic carbocycles. The Kier molecular flexibility index (Phi) is 5.10. The lowest BCUT2D eigenvalue weighted by molar-refractivity contribution is 0.507. The molecule has 106 valence electrons. The van der Waals surface area contributed by atoms with Gasteiger partial charge in [0.05, 0.1) is 5.69 Å². The average molecular weight is 623 g/mol. The van der Waals surface area contributed by atoms with Crippen LogP contribution >= 0.6 is 79.1 Å². The van der Waals surface area contributed by atoms with Gasteiger partial charge in [-0.1, -0.05) is 0 Å². The van der Waals surface area contributed by atoms with Gasteiger partial charge in [0.15, 0.2) is 5.13 Å². The summed E-state index contributed by atoms with van der Waals surface area (Å²) in [5.74, 6) is 0. The van der Waals surface area contributed by atoms with Crippen LogP contribution < -0.4 is 11.1 Å². The van der Waals surface area contributed by atoms with E-state index in [0.29, 0.717) is 11.2 Å². The predicted molar refractivity (Wildman–Crippen MR) is 109 cm³/mol. The first-order valence-electron chi connectivity index (χ1n) is 6.16. The van der Waals surface area contributed by atoms with Gasteiger partial charge in [-0.05, 0) is 91.9 Å². The van der Waals surface area contributed by atoms with Crippen molar-refractivity contribution in [1.29, 1.82) is 0 Å². The van der Waals surface area contributed by atoms with Gasteiger partial charge >= 0.3 is 0 Å². The molecule has 0 saturated heterocycles. The summed E-state index contributed by atoms with van der Waals surface area (Å²) < 4.78 is 3.99. The number of hydrogen-bond donors (Lipinski definition) is 2. The van der Waals surface area contributed by atoms with E-state index in [2.05, 4.69) is 90.2 Å². The Labute approximate surface area is 162 Å². The van der Waals surface area contributed by atoms with Crippen LogP contribution in [0, 0.1) is 10.7 Å². The fourth-order valence-corrected chi connectivity index (χ4v) is 5.58. The summed E-state index contributed by atoms with van der Waals surface area (Å²) in [6.07, 6.45) is 1.98. The molecule has 0 amide bonds. The van der Waals surface area contributed by atoms with Crippen LogP contribution in [0.3, 0.4) is 0 Å². The standard InChI is InChI=1S/C13H12I3N3S/c14-7-3-6(4-8(15)11(7)16)5-10-12-9(1-2-18-10)19-13(17)20-12/h3-4,10,18H,1-2,5H2,(H2,17,19). The van der Waals surface area contributed by atoms with Gasteiger partial charge in [0.25, 0.3) is 0 Å². The Balaban J connectivity index is 1.89. The van der Waals surface area contributed by atoms with E-state index in [4.69, 9.17) is 5.73 Å². The molecule has 0 radical (unpaired) electrons. The van der Waals surface area contributed by atoms with Crippen LogP contribution in [0.15, 0.2) is 12.1 Å². The van der Waals surface area contributed by atoms with E-state index in [1.807, 2.05) is 0 Å². The van der Waals surface area contributed by atoms with Gasteiger partial charge in [0.2, 0.25) is 0 Å². The number of rotatable bonds is 2. The highest BCUT2D eigenvalue weighted by atomic mass is 127. The van der Waals surface area contributed by atoms with Crippen molar-refractivity contribution in [3.05, 3.63) is 39.0 Å². The molecule has 0 saturated carbocycles. The molecule has 0 spiro atoms. The first kappa shape index (κ1) is 15.7. The van der Waals surface area contributed by atoms with Crippen LogP contribution in [0.5, 0.6) is 0 Å². The predicted octanol–water partition coefficient (Wildman–Crippen LogP) is 3.97. The summed E-state index contributed by atoms with van der Waals surface area (Å²) in [4.78, 5) is 5.76. The lowest BCUT2D eigenvalue weighted by Crippen LogP contribution is -2.30. The summed E-state index contributed by atoms with van der Waals surface area (Å²) in [5, 5.41) is 4.29. The molecule has 20 heavy (non-hydrogen) atoms. The number of nitrogens with two attached hydrogens (primary N) is 1. The molecule has 2 heterocycles. The van der Waals surface area contributed by atoms with Gasteiger partial charge in [-0.25, -0.2) is 4.98 Å². The molecule has 7 heteroatoms. The Morgan fingerprint density at radius 1 is 1.30 bits per heavy atom. The second kappa shape index (κ2) is 6.50. The number of halogens is 3. The molecule has 3 nitrogen and oxygen atoms in total. The van der Waals surface area contributed by atoms with Gasteiger partial charge in [-0.15, -0.1) is 11.3 Å². The minimum atomic E-state index is 0.347. The SMILES string of the molecule is Nc1nc2c(s1)C(Cc1cc(I)c(I)c(I)c1)NCC2. The van der Waals surface area contributed by atoms with Gasteiger partial charge in [-0.2, -0.15) is 0 Å². The zero-order chi connectivity index (χ0) is 14.3. The summed E-state index contributed by atoms with van der Waals surface area (Å²) in [6.45, 7) is 0.986. The highest BCUT2D eigenvalue weighted by Crippen LogP contribution is 2.33.